The zero-order chi connectivity index (χ0) is 17.1. The molecule has 1 saturated heterocycles. The normalized spacial score (nSPS) is 13.5. The van der Waals surface area contributed by atoms with Gasteiger partial charge < -0.3 is 20.3 Å². The van der Waals surface area contributed by atoms with E-state index >= 15 is 0 Å². The van der Waals surface area contributed by atoms with Crippen molar-refractivity contribution in [2.75, 3.05) is 43.9 Å². The summed E-state index contributed by atoms with van der Waals surface area (Å²) in [5, 5.41) is 0.343. The number of halogens is 3. The predicted molar refractivity (Wildman–Crippen MR) is 107 cm³/mol. The first-order chi connectivity index (χ1) is 11.6. The number of amides is 1. The Hall–Kier alpha value is -1.96. The molecule has 0 unspecified atom stereocenters. The van der Waals surface area contributed by atoms with Gasteiger partial charge in [-0.2, -0.15) is 0 Å². The van der Waals surface area contributed by atoms with Crippen molar-refractivity contribution in [2.24, 2.45) is 0 Å². The minimum Gasteiger partial charge on any atom is -0.496 e. The SMILES string of the molecule is COc1cc(N)c(Cl)cc1C(=O)N1CCN(c2ncccn2)CC1.Cl.Cl. The molecule has 1 aromatic heterocycles. The highest BCUT2D eigenvalue weighted by molar-refractivity contribution is 6.33. The Labute approximate surface area is 169 Å². The van der Waals surface area contributed by atoms with Crippen molar-refractivity contribution in [1.82, 2.24) is 14.9 Å². The van der Waals surface area contributed by atoms with E-state index in [1.807, 2.05) is 0 Å². The van der Waals surface area contributed by atoms with Gasteiger partial charge in [0.15, 0.2) is 0 Å². The molecule has 0 aliphatic carbocycles. The topological polar surface area (TPSA) is 84.6 Å². The van der Waals surface area contributed by atoms with Crippen molar-refractivity contribution in [2.45, 2.75) is 0 Å². The lowest BCUT2D eigenvalue weighted by Gasteiger charge is -2.34. The molecule has 3 rings (SSSR count). The molecule has 1 fully saturated rings. The largest absolute Gasteiger partial charge is 0.496 e. The number of carbonyl (C=O) groups excluding carboxylic acids is 1. The van der Waals surface area contributed by atoms with Gasteiger partial charge in [0.05, 0.1) is 23.4 Å². The van der Waals surface area contributed by atoms with Crippen molar-refractivity contribution in [3.05, 3.63) is 41.2 Å². The second-order valence-corrected chi connectivity index (χ2v) is 5.81. The number of piperazine rings is 1. The van der Waals surface area contributed by atoms with Crippen LogP contribution in [0.5, 0.6) is 5.75 Å². The van der Waals surface area contributed by atoms with E-state index in [0.717, 1.165) is 0 Å². The summed E-state index contributed by atoms with van der Waals surface area (Å²) in [6.45, 7) is 2.48. The molecule has 7 nitrogen and oxygen atoms in total. The number of anilines is 2. The number of nitrogens with zero attached hydrogens (tertiary/aromatic N) is 4. The van der Waals surface area contributed by atoms with E-state index in [1.165, 1.54) is 7.11 Å². The van der Waals surface area contributed by atoms with Gasteiger partial charge in [-0.25, -0.2) is 9.97 Å². The van der Waals surface area contributed by atoms with Crippen LogP contribution in [-0.4, -0.2) is 54.1 Å². The smallest absolute Gasteiger partial charge is 0.257 e. The highest BCUT2D eigenvalue weighted by Gasteiger charge is 2.26. The van der Waals surface area contributed by atoms with Gasteiger partial charge >= 0.3 is 0 Å². The lowest BCUT2D eigenvalue weighted by atomic mass is 10.1. The number of hydrogen-bond donors (Lipinski definition) is 1. The molecule has 2 heterocycles. The molecule has 10 heteroatoms. The number of benzene rings is 1. The van der Waals surface area contributed by atoms with Crippen LogP contribution >= 0.6 is 36.4 Å². The maximum absolute atomic E-state index is 12.8. The Balaban J connectivity index is 0.00000169. The number of hydrogen-bond acceptors (Lipinski definition) is 6. The van der Waals surface area contributed by atoms with Crippen LogP contribution in [0.15, 0.2) is 30.6 Å². The second kappa shape index (κ2) is 9.66. The van der Waals surface area contributed by atoms with E-state index in [-0.39, 0.29) is 30.7 Å². The van der Waals surface area contributed by atoms with Crippen molar-refractivity contribution >= 4 is 54.0 Å². The Morgan fingerprint density at radius 1 is 1.15 bits per heavy atom. The summed E-state index contributed by atoms with van der Waals surface area (Å²) >= 11 is 6.05. The molecule has 1 amide bonds. The molecule has 1 aromatic carbocycles. The lowest BCUT2D eigenvalue weighted by Crippen LogP contribution is -2.49. The van der Waals surface area contributed by atoms with Gasteiger partial charge in [0.1, 0.15) is 5.75 Å². The third-order valence-corrected chi connectivity index (χ3v) is 4.28. The number of aromatic nitrogens is 2. The Morgan fingerprint density at radius 3 is 2.35 bits per heavy atom. The van der Waals surface area contributed by atoms with E-state index < -0.39 is 0 Å². The summed E-state index contributed by atoms with van der Waals surface area (Å²) in [5.74, 6) is 0.982. The minimum absolute atomic E-state index is 0. The summed E-state index contributed by atoms with van der Waals surface area (Å²) in [6, 6.07) is 4.91. The van der Waals surface area contributed by atoms with Gasteiger partial charge in [-0.05, 0) is 12.1 Å². The number of carbonyl (C=O) groups is 1. The molecular weight excluding hydrogens is 401 g/mol. The molecule has 1 aliphatic heterocycles. The van der Waals surface area contributed by atoms with Crippen LogP contribution in [0.3, 0.4) is 0 Å². The number of methoxy groups -OCH3 is 1. The van der Waals surface area contributed by atoms with E-state index in [1.54, 1.807) is 35.5 Å². The quantitative estimate of drug-likeness (QED) is 0.768. The second-order valence-electron chi connectivity index (χ2n) is 5.40. The van der Waals surface area contributed by atoms with Gasteiger partial charge in [-0.15, -0.1) is 24.8 Å². The number of nitrogen functional groups attached to an aromatic ring is 1. The molecule has 2 N–H and O–H groups in total. The maximum atomic E-state index is 12.8. The fourth-order valence-electron chi connectivity index (χ4n) is 2.64. The third kappa shape index (κ3) is 4.60. The Bertz CT molecular complexity index is 740. The van der Waals surface area contributed by atoms with E-state index in [0.29, 0.717) is 54.2 Å². The molecule has 0 bridgehead atoms. The summed E-state index contributed by atoms with van der Waals surface area (Å²) < 4.78 is 5.27. The molecule has 0 saturated carbocycles. The van der Waals surface area contributed by atoms with Crippen LogP contribution in [0.1, 0.15) is 10.4 Å². The molecule has 142 valence electrons. The fraction of sp³-hybridized carbons (Fsp3) is 0.312. The average molecular weight is 421 g/mol. The van der Waals surface area contributed by atoms with Crippen LogP contribution in [0.2, 0.25) is 5.02 Å². The first-order valence-corrected chi connectivity index (χ1v) is 7.92. The van der Waals surface area contributed by atoms with Crippen molar-refractivity contribution in [1.29, 1.82) is 0 Å². The number of nitrogens with two attached hydrogens (primary N) is 1. The molecule has 0 spiro atoms. The lowest BCUT2D eigenvalue weighted by molar-refractivity contribution is 0.0743. The van der Waals surface area contributed by atoms with E-state index in [9.17, 15) is 4.79 Å². The molecule has 0 radical (unpaired) electrons. The van der Waals surface area contributed by atoms with Crippen LogP contribution in [-0.2, 0) is 0 Å². The first-order valence-electron chi connectivity index (χ1n) is 7.54. The summed E-state index contributed by atoms with van der Waals surface area (Å²) in [7, 11) is 1.50. The zero-order valence-electron chi connectivity index (χ0n) is 14.1. The third-order valence-electron chi connectivity index (χ3n) is 3.95. The van der Waals surface area contributed by atoms with Gasteiger partial charge in [0.2, 0.25) is 5.95 Å². The van der Waals surface area contributed by atoms with Crippen molar-refractivity contribution in [3.8, 4) is 5.75 Å². The van der Waals surface area contributed by atoms with Crippen molar-refractivity contribution in [3.63, 3.8) is 0 Å². The van der Waals surface area contributed by atoms with Gasteiger partial charge in [-0.3, -0.25) is 4.79 Å². The Kier molecular flexibility index (Phi) is 8.20. The molecule has 2 aromatic rings. The Morgan fingerprint density at radius 2 is 1.77 bits per heavy atom. The zero-order valence-corrected chi connectivity index (χ0v) is 16.5. The monoisotopic (exact) mass is 419 g/mol. The van der Waals surface area contributed by atoms with Gasteiger partial charge in [-0.1, -0.05) is 11.6 Å². The van der Waals surface area contributed by atoms with Crippen LogP contribution in [0.4, 0.5) is 11.6 Å². The molecule has 26 heavy (non-hydrogen) atoms. The van der Waals surface area contributed by atoms with Gasteiger partial charge in [0.25, 0.3) is 5.91 Å². The molecule has 0 atom stereocenters. The highest BCUT2D eigenvalue weighted by atomic mass is 35.5. The summed E-state index contributed by atoms with van der Waals surface area (Å²) in [5.41, 5.74) is 6.57. The average Bonchev–Trinajstić information content (AvgIpc) is 2.64. The standard InChI is InChI=1S/C16H18ClN5O2.2ClH/c1-24-14-10-13(18)12(17)9-11(14)15(23)21-5-7-22(8-6-21)16-19-3-2-4-20-16;;/h2-4,9-10H,5-8,18H2,1H3;2*1H. The van der Waals surface area contributed by atoms with Crippen molar-refractivity contribution < 1.29 is 9.53 Å². The number of ether oxygens (including phenoxy) is 1. The fourth-order valence-corrected chi connectivity index (χ4v) is 2.80. The van der Waals surface area contributed by atoms with Crippen LogP contribution < -0.4 is 15.4 Å². The molecular formula is C16H20Cl3N5O2. The highest BCUT2D eigenvalue weighted by Crippen LogP contribution is 2.30. The summed E-state index contributed by atoms with van der Waals surface area (Å²) in [4.78, 5) is 25.1. The number of rotatable bonds is 3. The van der Waals surface area contributed by atoms with Crippen LogP contribution in [0.25, 0.3) is 0 Å². The molecule has 1 aliphatic rings. The predicted octanol–water partition coefficient (Wildman–Crippen LogP) is 2.53. The maximum Gasteiger partial charge on any atom is 0.257 e. The summed E-state index contributed by atoms with van der Waals surface area (Å²) in [6.07, 6.45) is 3.42. The van der Waals surface area contributed by atoms with Crippen LogP contribution in [0, 0.1) is 0 Å². The van der Waals surface area contributed by atoms with E-state index in [2.05, 4.69) is 14.9 Å². The minimum atomic E-state index is -0.123. The van der Waals surface area contributed by atoms with E-state index in [4.69, 9.17) is 22.1 Å². The first kappa shape index (κ1) is 22.1. The van der Waals surface area contributed by atoms with Gasteiger partial charge in [0, 0.05) is 44.6 Å².